The third-order valence-electron chi connectivity index (χ3n) is 4.18. The van der Waals surface area contributed by atoms with Crippen LogP contribution in [0.2, 0.25) is 0 Å². The van der Waals surface area contributed by atoms with Gasteiger partial charge in [0.2, 0.25) is 0 Å². The predicted molar refractivity (Wildman–Crippen MR) is 93.7 cm³/mol. The molecule has 5 heteroatoms. The normalized spacial score (nSPS) is 16.4. The number of rotatable bonds is 3. The Bertz CT molecular complexity index is 773. The Morgan fingerprint density at radius 1 is 1.21 bits per heavy atom. The molecule has 1 heterocycles. The largest absolute Gasteiger partial charge is 0.479 e. The second kappa shape index (κ2) is 6.35. The molecule has 0 spiro atoms. The van der Waals surface area contributed by atoms with Crippen LogP contribution in [0.5, 0.6) is 5.75 Å². The third kappa shape index (κ3) is 2.73. The first kappa shape index (κ1) is 16.1. The molecule has 2 aromatic rings. The monoisotopic (exact) mass is 324 g/mol. The summed E-state index contributed by atoms with van der Waals surface area (Å²) in [5, 5.41) is 0. The molecule has 24 heavy (non-hydrogen) atoms. The number of likely N-dealkylation sites (N-methyl/N-ethyl adjacent to an activating group) is 1. The minimum absolute atomic E-state index is 0.0951. The van der Waals surface area contributed by atoms with Gasteiger partial charge in [-0.1, -0.05) is 18.2 Å². The van der Waals surface area contributed by atoms with E-state index < -0.39 is 6.10 Å². The van der Waals surface area contributed by atoms with Crippen molar-refractivity contribution < 1.29 is 14.3 Å². The molecule has 1 aliphatic rings. The first-order valence-electron chi connectivity index (χ1n) is 7.98. The zero-order valence-electron chi connectivity index (χ0n) is 14.0. The van der Waals surface area contributed by atoms with Crippen LogP contribution in [0.25, 0.3) is 0 Å². The van der Waals surface area contributed by atoms with Gasteiger partial charge in [-0.2, -0.15) is 0 Å². The van der Waals surface area contributed by atoms with Crippen LogP contribution in [0.15, 0.2) is 48.5 Å². The Morgan fingerprint density at radius 2 is 1.92 bits per heavy atom. The molecule has 2 amide bonds. The van der Waals surface area contributed by atoms with E-state index in [2.05, 4.69) is 0 Å². The summed E-state index contributed by atoms with van der Waals surface area (Å²) in [5.41, 5.74) is 2.07. The molecule has 1 atom stereocenters. The number of carbonyl (C=O) groups excluding carboxylic acids is 2. The van der Waals surface area contributed by atoms with Crippen molar-refractivity contribution in [3.63, 3.8) is 0 Å². The Labute approximate surface area is 141 Å². The lowest BCUT2D eigenvalue weighted by Crippen LogP contribution is -2.42. The van der Waals surface area contributed by atoms with Gasteiger partial charge in [0.25, 0.3) is 11.8 Å². The van der Waals surface area contributed by atoms with E-state index in [1.54, 1.807) is 42.0 Å². The standard InChI is InChI=1S/C19H20N2O3/c1-4-21(15-8-6-5-7-9-15)19(23)14-10-11-16-17(12-14)24-13(2)18(22)20(16)3/h5-13H,4H2,1-3H3. The number of hydrogen-bond donors (Lipinski definition) is 0. The number of para-hydroxylation sites is 1. The van der Waals surface area contributed by atoms with Crippen LogP contribution in [-0.2, 0) is 4.79 Å². The third-order valence-corrected chi connectivity index (χ3v) is 4.18. The number of benzene rings is 2. The molecule has 0 radical (unpaired) electrons. The Kier molecular flexibility index (Phi) is 4.25. The van der Waals surface area contributed by atoms with Gasteiger partial charge in [0.15, 0.2) is 6.10 Å². The minimum Gasteiger partial charge on any atom is -0.479 e. The maximum atomic E-state index is 12.9. The highest BCUT2D eigenvalue weighted by molar-refractivity contribution is 6.07. The molecule has 124 valence electrons. The van der Waals surface area contributed by atoms with Gasteiger partial charge in [0.1, 0.15) is 5.75 Å². The zero-order valence-corrected chi connectivity index (χ0v) is 14.0. The number of fused-ring (bicyclic) bond motifs is 1. The summed E-state index contributed by atoms with van der Waals surface area (Å²) >= 11 is 0. The van der Waals surface area contributed by atoms with E-state index in [1.165, 1.54) is 0 Å². The molecule has 2 aromatic carbocycles. The molecule has 1 aliphatic heterocycles. The van der Waals surface area contributed by atoms with Crippen LogP contribution in [0, 0.1) is 0 Å². The maximum absolute atomic E-state index is 12.9. The van der Waals surface area contributed by atoms with Crippen LogP contribution in [0.4, 0.5) is 11.4 Å². The molecule has 0 saturated carbocycles. The van der Waals surface area contributed by atoms with E-state index >= 15 is 0 Å². The molecule has 0 aromatic heterocycles. The lowest BCUT2D eigenvalue weighted by Gasteiger charge is -2.30. The Balaban J connectivity index is 1.94. The second-order valence-corrected chi connectivity index (χ2v) is 5.72. The molecule has 0 aliphatic carbocycles. The number of ether oxygens (including phenoxy) is 1. The second-order valence-electron chi connectivity index (χ2n) is 5.72. The van der Waals surface area contributed by atoms with E-state index in [0.717, 1.165) is 5.69 Å². The van der Waals surface area contributed by atoms with E-state index in [9.17, 15) is 9.59 Å². The highest BCUT2D eigenvalue weighted by Gasteiger charge is 2.29. The zero-order chi connectivity index (χ0) is 17.3. The lowest BCUT2D eigenvalue weighted by molar-refractivity contribution is -0.125. The lowest BCUT2D eigenvalue weighted by atomic mass is 10.1. The van der Waals surface area contributed by atoms with Gasteiger partial charge in [0, 0.05) is 24.8 Å². The Morgan fingerprint density at radius 3 is 2.58 bits per heavy atom. The van der Waals surface area contributed by atoms with E-state index in [-0.39, 0.29) is 11.8 Å². The molecule has 0 bridgehead atoms. The van der Waals surface area contributed by atoms with Gasteiger partial charge in [0.05, 0.1) is 5.69 Å². The quantitative estimate of drug-likeness (QED) is 0.872. The van der Waals surface area contributed by atoms with Crippen molar-refractivity contribution in [2.75, 3.05) is 23.4 Å². The highest BCUT2D eigenvalue weighted by Crippen LogP contribution is 2.34. The van der Waals surface area contributed by atoms with Gasteiger partial charge >= 0.3 is 0 Å². The summed E-state index contributed by atoms with van der Waals surface area (Å²) in [4.78, 5) is 28.1. The molecule has 5 nitrogen and oxygen atoms in total. The topological polar surface area (TPSA) is 49.9 Å². The van der Waals surface area contributed by atoms with Crippen LogP contribution in [0.1, 0.15) is 24.2 Å². The predicted octanol–water partition coefficient (Wildman–Crippen LogP) is 3.10. The summed E-state index contributed by atoms with van der Waals surface area (Å²) in [6.07, 6.45) is -0.552. The smallest absolute Gasteiger partial charge is 0.267 e. The fourth-order valence-corrected chi connectivity index (χ4v) is 2.86. The summed E-state index contributed by atoms with van der Waals surface area (Å²) < 4.78 is 5.66. The van der Waals surface area contributed by atoms with Gasteiger partial charge < -0.3 is 14.5 Å². The van der Waals surface area contributed by atoms with E-state index in [1.807, 2.05) is 37.3 Å². The number of carbonyl (C=O) groups is 2. The van der Waals surface area contributed by atoms with E-state index in [0.29, 0.717) is 23.5 Å². The molecule has 0 saturated heterocycles. The number of nitrogens with zero attached hydrogens (tertiary/aromatic N) is 2. The number of amides is 2. The maximum Gasteiger partial charge on any atom is 0.267 e. The minimum atomic E-state index is -0.552. The van der Waals surface area contributed by atoms with Gasteiger partial charge in [-0.3, -0.25) is 9.59 Å². The average molecular weight is 324 g/mol. The summed E-state index contributed by atoms with van der Waals surface area (Å²) in [5.74, 6) is 0.364. The van der Waals surface area contributed by atoms with Crippen molar-refractivity contribution in [3.8, 4) is 5.75 Å². The van der Waals surface area contributed by atoms with Crippen molar-refractivity contribution in [3.05, 3.63) is 54.1 Å². The van der Waals surface area contributed by atoms with Gasteiger partial charge in [-0.25, -0.2) is 0 Å². The van der Waals surface area contributed by atoms with Crippen LogP contribution in [0.3, 0.4) is 0 Å². The van der Waals surface area contributed by atoms with Crippen molar-refractivity contribution in [1.29, 1.82) is 0 Å². The van der Waals surface area contributed by atoms with Crippen LogP contribution in [-0.4, -0.2) is 31.5 Å². The molecule has 0 fully saturated rings. The van der Waals surface area contributed by atoms with Crippen molar-refractivity contribution in [1.82, 2.24) is 0 Å². The fraction of sp³-hybridized carbons (Fsp3) is 0.263. The molecule has 1 unspecified atom stereocenters. The highest BCUT2D eigenvalue weighted by atomic mass is 16.5. The van der Waals surface area contributed by atoms with Crippen molar-refractivity contribution in [2.45, 2.75) is 20.0 Å². The average Bonchev–Trinajstić information content (AvgIpc) is 2.61. The summed E-state index contributed by atoms with van der Waals surface area (Å²) in [6.45, 7) is 4.21. The molecular formula is C19H20N2O3. The van der Waals surface area contributed by atoms with Crippen molar-refractivity contribution >= 4 is 23.2 Å². The summed E-state index contributed by atoms with van der Waals surface area (Å²) in [6, 6.07) is 14.7. The summed E-state index contributed by atoms with van der Waals surface area (Å²) in [7, 11) is 1.71. The fourth-order valence-electron chi connectivity index (χ4n) is 2.86. The first-order chi connectivity index (χ1) is 11.5. The van der Waals surface area contributed by atoms with Gasteiger partial charge in [-0.05, 0) is 44.2 Å². The van der Waals surface area contributed by atoms with Crippen molar-refractivity contribution in [2.24, 2.45) is 0 Å². The Hall–Kier alpha value is -2.82. The van der Waals surface area contributed by atoms with Crippen LogP contribution >= 0.6 is 0 Å². The first-order valence-corrected chi connectivity index (χ1v) is 7.98. The molecule has 0 N–H and O–H groups in total. The van der Waals surface area contributed by atoms with Crippen LogP contribution < -0.4 is 14.5 Å². The van der Waals surface area contributed by atoms with Gasteiger partial charge in [-0.15, -0.1) is 0 Å². The molecular weight excluding hydrogens is 304 g/mol. The number of hydrogen-bond acceptors (Lipinski definition) is 3. The number of anilines is 2. The molecule has 3 rings (SSSR count). The van der Waals surface area contributed by atoms with E-state index in [4.69, 9.17) is 4.74 Å². The SMILES string of the molecule is CCN(C(=O)c1ccc2c(c1)OC(C)C(=O)N2C)c1ccccc1.